The molecular weight excluding hydrogens is 348 g/mol. The normalized spacial score (nSPS) is 11.2. The van der Waals surface area contributed by atoms with Crippen molar-refractivity contribution in [3.05, 3.63) is 53.6 Å². The molecule has 0 saturated heterocycles. The van der Waals surface area contributed by atoms with E-state index in [0.717, 1.165) is 5.56 Å². The van der Waals surface area contributed by atoms with Crippen molar-refractivity contribution in [3.63, 3.8) is 0 Å². The number of rotatable bonds is 7. The average molecular weight is 368 g/mol. The monoisotopic (exact) mass is 368 g/mol. The second kappa shape index (κ2) is 9.25. The lowest BCUT2D eigenvalue weighted by Crippen LogP contribution is -2.22. The van der Waals surface area contributed by atoms with Crippen molar-refractivity contribution in [2.24, 2.45) is 0 Å². The number of hydrogen-bond donors (Lipinski definition) is 1. The van der Waals surface area contributed by atoms with Crippen LogP contribution in [-0.2, 0) is 9.47 Å². The zero-order valence-electron chi connectivity index (χ0n) is 15.4. The number of carbonyl (C=O) groups is 1. The Bertz CT molecular complexity index is 882. The number of benzene rings is 1. The molecule has 1 heterocycles. The topological polar surface area (TPSA) is 105 Å². The third kappa shape index (κ3) is 4.55. The smallest absolute Gasteiger partial charge is 0.340 e. The largest absolute Gasteiger partial charge is 0.612 e. The minimum absolute atomic E-state index is 0.00443. The first-order valence-electron chi connectivity index (χ1n) is 8.35. The highest BCUT2D eigenvalue weighted by atomic mass is 16.6. The Kier molecular flexibility index (Phi) is 6.78. The fourth-order valence-electron chi connectivity index (χ4n) is 2.36. The zero-order chi connectivity index (χ0) is 19.8. The first kappa shape index (κ1) is 19.8. The van der Waals surface area contributed by atoms with Gasteiger partial charge in [-0.15, -0.1) is 0 Å². The summed E-state index contributed by atoms with van der Waals surface area (Å²) in [5.41, 5.74) is 1.08. The summed E-state index contributed by atoms with van der Waals surface area (Å²) < 4.78 is 15.1. The second-order valence-electron chi connectivity index (χ2n) is 5.26. The van der Waals surface area contributed by atoms with Crippen molar-refractivity contribution in [2.75, 3.05) is 20.3 Å². The number of hydrogen-bond acceptors (Lipinski definition) is 6. The summed E-state index contributed by atoms with van der Waals surface area (Å²) in [5, 5.41) is 19.7. The van der Waals surface area contributed by atoms with Gasteiger partial charge in [-0.05, 0) is 49.9 Å². The first-order chi connectivity index (χ1) is 13.0. The Hall–Kier alpha value is -3.53. The van der Waals surface area contributed by atoms with Crippen molar-refractivity contribution in [1.29, 1.82) is 0 Å². The minimum atomic E-state index is -0.780. The molecule has 0 amide bonds. The molecule has 0 bridgehead atoms. The number of allylic oxidation sites excluding steroid dienone is 1. The molecule has 0 spiro atoms. The molecule has 1 aromatic carbocycles. The average Bonchev–Trinajstić information content (AvgIpc) is 2.69. The predicted octanol–water partition coefficient (Wildman–Crippen LogP) is 0.772. The van der Waals surface area contributed by atoms with E-state index in [-0.39, 0.29) is 30.0 Å². The standard InChI is InChI=1S/C20H20N2O5/c1-4-26-19(23)15-10-11-17(13-6-8-14(25-3)9-7-13)22-18(15)16(12-21)20(24)27-5-2/h6-11,24H,4-5H2,1-3H3. The third-order valence-electron chi connectivity index (χ3n) is 3.62. The molecular formula is C20H20N2O5. The van der Waals surface area contributed by atoms with Crippen LogP contribution in [0.4, 0.5) is 0 Å². The number of esters is 1. The molecule has 0 fully saturated rings. The number of methoxy groups -OCH3 is 1. The summed E-state index contributed by atoms with van der Waals surface area (Å²) in [7, 11) is 1.57. The van der Waals surface area contributed by atoms with Gasteiger partial charge < -0.3 is 19.3 Å². The minimum Gasteiger partial charge on any atom is -0.612 e. The van der Waals surface area contributed by atoms with Crippen LogP contribution in [0.5, 0.6) is 5.75 Å². The highest BCUT2D eigenvalue weighted by molar-refractivity contribution is 5.97. The van der Waals surface area contributed by atoms with E-state index in [1.54, 1.807) is 51.3 Å². The molecule has 140 valence electrons. The van der Waals surface area contributed by atoms with Crippen LogP contribution in [0.1, 0.15) is 29.9 Å². The molecule has 1 N–H and O–H groups in total. The number of nitrogens with zero attached hydrogens (tertiary/aromatic N) is 1. The summed E-state index contributed by atoms with van der Waals surface area (Å²) in [6, 6.07) is 12.3. The van der Waals surface area contributed by atoms with E-state index in [9.17, 15) is 9.90 Å². The van der Waals surface area contributed by atoms with E-state index in [1.165, 1.54) is 6.07 Å². The fourth-order valence-corrected chi connectivity index (χ4v) is 2.36. The van der Waals surface area contributed by atoms with Crippen LogP contribution in [0.25, 0.3) is 16.8 Å². The number of pyridine rings is 1. The molecule has 7 nitrogen and oxygen atoms in total. The van der Waals surface area contributed by atoms with Gasteiger partial charge in [0.2, 0.25) is 0 Å². The van der Waals surface area contributed by atoms with E-state index >= 15 is 0 Å². The van der Waals surface area contributed by atoms with Gasteiger partial charge in [0.15, 0.2) is 0 Å². The SMILES string of the molecule is CCOC(=O)c1ccc(-c2ccc(OC)cc2)nc1C(C#[NH+])=C([O-])OCC. The van der Waals surface area contributed by atoms with Crippen LogP contribution in [0.2, 0.25) is 0 Å². The molecule has 27 heavy (non-hydrogen) atoms. The molecule has 7 heteroatoms. The quantitative estimate of drug-likeness (QED) is 0.440. The van der Waals surface area contributed by atoms with Crippen LogP contribution in [-0.4, -0.2) is 31.3 Å². The molecule has 0 aliphatic carbocycles. The van der Waals surface area contributed by atoms with Gasteiger partial charge in [0.25, 0.3) is 0 Å². The highest BCUT2D eigenvalue weighted by Gasteiger charge is 2.21. The van der Waals surface area contributed by atoms with Crippen LogP contribution < -0.4 is 15.1 Å². The lowest BCUT2D eigenvalue weighted by atomic mass is 10.0. The van der Waals surface area contributed by atoms with Gasteiger partial charge in [0, 0.05) is 5.56 Å². The van der Waals surface area contributed by atoms with E-state index in [4.69, 9.17) is 19.5 Å². The molecule has 1 aromatic heterocycles. The summed E-state index contributed by atoms with van der Waals surface area (Å²) in [4.78, 5) is 16.7. The number of aromatic nitrogens is 1. The van der Waals surface area contributed by atoms with E-state index < -0.39 is 11.9 Å². The van der Waals surface area contributed by atoms with Crippen LogP contribution >= 0.6 is 0 Å². The Labute approximate surface area is 157 Å². The first-order valence-corrected chi connectivity index (χ1v) is 8.35. The molecule has 0 radical (unpaired) electrons. The van der Waals surface area contributed by atoms with Gasteiger partial charge in [0.1, 0.15) is 17.0 Å². The van der Waals surface area contributed by atoms with Crippen LogP contribution in [0.15, 0.2) is 42.3 Å². The molecule has 0 unspecified atom stereocenters. The second-order valence-corrected chi connectivity index (χ2v) is 5.26. The van der Waals surface area contributed by atoms with E-state index in [1.807, 2.05) is 6.07 Å². The number of nitrogens with one attached hydrogen (secondary N) is 1. The molecule has 2 aromatic rings. The van der Waals surface area contributed by atoms with Gasteiger partial charge in [-0.2, -0.15) is 0 Å². The summed E-state index contributed by atoms with van der Waals surface area (Å²) in [6.45, 7) is 3.61. The maximum Gasteiger partial charge on any atom is 0.340 e. The van der Waals surface area contributed by atoms with Gasteiger partial charge in [0.05, 0.1) is 30.9 Å². The van der Waals surface area contributed by atoms with Gasteiger partial charge >= 0.3 is 12.0 Å². The Morgan fingerprint density at radius 1 is 1.11 bits per heavy atom. The van der Waals surface area contributed by atoms with Crippen molar-refractivity contribution < 1.29 is 29.4 Å². The summed E-state index contributed by atoms with van der Waals surface area (Å²) in [5.74, 6) is -0.732. The predicted molar refractivity (Wildman–Crippen MR) is 95.6 cm³/mol. The lowest BCUT2D eigenvalue weighted by Gasteiger charge is -2.15. The van der Waals surface area contributed by atoms with Crippen LogP contribution in [0, 0.1) is 6.07 Å². The fraction of sp³-hybridized carbons (Fsp3) is 0.250. The third-order valence-corrected chi connectivity index (χ3v) is 3.62. The summed E-state index contributed by atoms with van der Waals surface area (Å²) in [6.07, 6.45) is 0. The van der Waals surface area contributed by atoms with E-state index in [2.05, 4.69) is 4.98 Å². The van der Waals surface area contributed by atoms with Crippen molar-refractivity contribution in [2.45, 2.75) is 13.8 Å². The zero-order valence-corrected chi connectivity index (χ0v) is 15.4. The lowest BCUT2D eigenvalue weighted by molar-refractivity contribution is -0.354. The van der Waals surface area contributed by atoms with Crippen molar-refractivity contribution in [3.8, 4) is 23.1 Å². The van der Waals surface area contributed by atoms with E-state index in [0.29, 0.717) is 11.4 Å². The van der Waals surface area contributed by atoms with Gasteiger partial charge in [-0.3, -0.25) is 0 Å². The highest BCUT2D eigenvalue weighted by Crippen LogP contribution is 2.26. The van der Waals surface area contributed by atoms with Crippen molar-refractivity contribution >= 4 is 11.5 Å². The van der Waals surface area contributed by atoms with Crippen molar-refractivity contribution in [1.82, 2.24) is 4.98 Å². The molecule has 2 rings (SSSR count). The number of carbonyl (C=O) groups excluding carboxylic acids is 1. The Balaban J connectivity index is 2.62. The molecule has 0 aliphatic rings. The maximum atomic E-state index is 12.3. The molecule has 0 saturated carbocycles. The summed E-state index contributed by atoms with van der Waals surface area (Å²) >= 11 is 0. The maximum absolute atomic E-state index is 12.3. The van der Waals surface area contributed by atoms with Crippen LogP contribution in [0.3, 0.4) is 0 Å². The number of ether oxygens (including phenoxy) is 3. The van der Waals surface area contributed by atoms with Gasteiger partial charge in [-0.25, -0.2) is 9.78 Å². The molecule has 0 aliphatic heterocycles. The van der Waals surface area contributed by atoms with Gasteiger partial charge in [-0.1, -0.05) is 12.2 Å². The molecule has 0 atom stereocenters. The Morgan fingerprint density at radius 3 is 2.33 bits per heavy atom. The Morgan fingerprint density at radius 2 is 1.78 bits per heavy atom.